The number of carboxylic acid groups (broad SMARTS) is 1. The molecule has 0 unspecified atom stereocenters. The van der Waals surface area contributed by atoms with Crippen molar-refractivity contribution in [3.05, 3.63) is 65.9 Å². The average Bonchev–Trinajstić information content (AvgIpc) is 2.45. The molecular formula is C15H13NO2S. The molecule has 4 heteroatoms. The van der Waals surface area contributed by atoms with E-state index in [1.54, 1.807) is 18.3 Å². The van der Waals surface area contributed by atoms with Crippen LogP contribution in [-0.4, -0.2) is 21.8 Å². The van der Waals surface area contributed by atoms with E-state index >= 15 is 0 Å². The molecule has 0 amide bonds. The van der Waals surface area contributed by atoms with E-state index in [2.05, 4.69) is 4.98 Å². The molecule has 19 heavy (non-hydrogen) atoms. The zero-order chi connectivity index (χ0) is 13.5. The molecule has 0 aliphatic heterocycles. The second-order valence-corrected chi connectivity index (χ2v) is 4.79. The first kappa shape index (κ1) is 13.4. The summed E-state index contributed by atoms with van der Waals surface area (Å²) in [4.78, 5) is 15.1. The minimum absolute atomic E-state index is 0.251. The predicted octanol–water partition coefficient (Wildman–Crippen LogP) is 3.59. The van der Waals surface area contributed by atoms with Gasteiger partial charge in [0.1, 0.15) is 5.03 Å². The molecule has 0 aliphatic carbocycles. The number of rotatable bonds is 5. The lowest BCUT2D eigenvalue weighted by Crippen LogP contribution is -2.00. The number of hydrogen-bond acceptors (Lipinski definition) is 3. The molecular weight excluding hydrogens is 258 g/mol. The van der Waals surface area contributed by atoms with E-state index in [1.807, 2.05) is 42.5 Å². The Kier molecular flexibility index (Phi) is 4.75. The highest BCUT2D eigenvalue weighted by atomic mass is 32.2. The van der Waals surface area contributed by atoms with Crippen LogP contribution in [0.25, 0.3) is 6.08 Å². The van der Waals surface area contributed by atoms with Gasteiger partial charge in [0.05, 0.1) is 5.56 Å². The zero-order valence-electron chi connectivity index (χ0n) is 10.2. The third-order valence-electron chi connectivity index (χ3n) is 2.43. The van der Waals surface area contributed by atoms with Crippen molar-refractivity contribution in [3.63, 3.8) is 0 Å². The molecule has 0 saturated heterocycles. The van der Waals surface area contributed by atoms with Crippen molar-refractivity contribution in [2.75, 3.05) is 5.75 Å². The van der Waals surface area contributed by atoms with Crippen LogP contribution in [0.4, 0.5) is 0 Å². The molecule has 0 saturated carbocycles. The fourth-order valence-electron chi connectivity index (χ4n) is 1.54. The van der Waals surface area contributed by atoms with E-state index in [0.29, 0.717) is 10.8 Å². The van der Waals surface area contributed by atoms with Crippen molar-refractivity contribution in [1.82, 2.24) is 4.98 Å². The van der Waals surface area contributed by atoms with Crippen molar-refractivity contribution in [1.29, 1.82) is 0 Å². The Morgan fingerprint density at radius 3 is 2.74 bits per heavy atom. The Morgan fingerprint density at radius 2 is 2.00 bits per heavy atom. The van der Waals surface area contributed by atoms with Crippen LogP contribution in [0.3, 0.4) is 0 Å². The Hall–Kier alpha value is -2.07. The van der Waals surface area contributed by atoms with Gasteiger partial charge in [0.15, 0.2) is 0 Å². The number of carbonyl (C=O) groups is 1. The molecule has 1 aromatic carbocycles. The summed E-state index contributed by atoms with van der Waals surface area (Å²) < 4.78 is 0. The van der Waals surface area contributed by atoms with E-state index in [-0.39, 0.29) is 5.56 Å². The molecule has 1 heterocycles. The van der Waals surface area contributed by atoms with E-state index in [0.717, 1.165) is 5.56 Å². The van der Waals surface area contributed by atoms with Crippen LogP contribution in [-0.2, 0) is 0 Å². The van der Waals surface area contributed by atoms with Crippen LogP contribution in [0, 0.1) is 0 Å². The molecule has 0 fully saturated rings. The van der Waals surface area contributed by atoms with E-state index in [9.17, 15) is 4.79 Å². The normalized spacial score (nSPS) is 10.7. The van der Waals surface area contributed by atoms with E-state index in [4.69, 9.17) is 5.11 Å². The number of aromatic nitrogens is 1. The monoisotopic (exact) mass is 271 g/mol. The van der Waals surface area contributed by atoms with E-state index < -0.39 is 5.97 Å². The summed E-state index contributed by atoms with van der Waals surface area (Å²) in [5, 5.41) is 9.58. The maximum absolute atomic E-state index is 11.0. The zero-order valence-corrected chi connectivity index (χ0v) is 11.0. The predicted molar refractivity (Wildman–Crippen MR) is 77.4 cm³/mol. The first-order valence-electron chi connectivity index (χ1n) is 5.80. The summed E-state index contributed by atoms with van der Waals surface area (Å²) in [6, 6.07) is 13.2. The van der Waals surface area contributed by atoms with Crippen LogP contribution >= 0.6 is 11.8 Å². The Bertz CT molecular complexity index is 582. The van der Waals surface area contributed by atoms with Crippen LogP contribution in [0.1, 0.15) is 15.9 Å². The smallest absolute Gasteiger partial charge is 0.338 e. The second kappa shape index (κ2) is 6.75. The maximum atomic E-state index is 11.0. The number of benzene rings is 1. The van der Waals surface area contributed by atoms with Crippen molar-refractivity contribution >= 4 is 23.8 Å². The quantitative estimate of drug-likeness (QED) is 0.844. The summed E-state index contributed by atoms with van der Waals surface area (Å²) >= 11 is 1.42. The molecule has 2 aromatic rings. The summed E-state index contributed by atoms with van der Waals surface area (Å²) in [5.74, 6) is -0.255. The Balaban J connectivity index is 1.96. The van der Waals surface area contributed by atoms with Gasteiger partial charge in [0, 0.05) is 11.9 Å². The van der Waals surface area contributed by atoms with Gasteiger partial charge in [-0.1, -0.05) is 42.5 Å². The minimum atomic E-state index is -0.942. The van der Waals surface area contributed by atoms with Crippen LogP contribution < -0.4 is 0 Å². The Labute approximate surface area is 116 Å². The minimum Gasteiger partial charge on any atom is -0.478 e. The third-order valence-corrected chi connectivity index (χ3v) is 3.39. The SMILES string of the molecule is O=C(O)c1cccnc1SC/C=C/c1ccccc1. The number of aromatic carboxylic acids is 1. The third kappa shape index (κ3) is 3.96. The van der Waals surface area contributed by atoms with Crippen molar-refractivity contribution < 1.29 is 9.90 Å². The number of hydrogen-bond donors (Lipinski definition) is 1. The second-order valence-electron chi connectivity index (χ2n) is 3.79. The van der Waals surface area contributed by atoms with Gasteiger partial charge in [-0.2, -0.15) is 0 Å². The maximum Gasteiger partial charge on any atom is 0.338 e. The average molecular weight is 271 g/mol. The van der Waals surface area contributed by atoms with Gasteiger partial charge in [-0.05, 0) is 17.7 Å². The lowest BCUT2D eigenvalue weighted by atomic mass is 10.2. The molecule has 0 aliphatic rings. The molecule has 0 atom stereocenters. The topological polar surface area (TPSA) is 50.2 Å². The molecule has 3 nitrogen and oxygen atoms in total. The fourth-order valence-corrected chi connectivity index (χ4v) is 2.34. The van der Waals surface area contributed by atoms with Crippen molar-refractivity contribution in [2.45, 2.75) is 5.03 Å². The standard InChI is InChI=1S/C15H13NO2S/c17-15(18)13-9-4-10-16-14(13)19-11-5-8-12-6-2-1-3-7-12/h1-10H,11H2,(H,17,18)/b8-5+. The fraction of sp³-hybridized carbons (Fsp3) is 0.0667. The van der Waals surface area contributed by atoms with Gasteiger partial charge in [-0.25, -0.2) is 9.78 Å². The van der Waals surface area contributed by atoms with Gasteiger partial charge in [-0.15, -0.1) is 11.8 Å². The van der Waals surface area contributed by atoms with Gasteiger partial charge in [-0.3, -0.25) is 0 Å². The summed E-state index contributed by atoms with van der Waals surface area (Å²) in [5.41, 5.74) is 1.38. The number of pyridine rings is 1. The molecule has 0 spiro atoms. The highest BCUT2D eigenvalue weighted by Crippen LogP contribution is 2.20. The highest BCUT2D eigenvalue weighted by molar-refractivity contribution is 7.99. The van der Waals surface area contributed by atoms with Gasteiger partial charge >= 0.3 is 5.97 Å². The van der Waals surface area contributed by atoms with Gasteiger partial charge in [0.2, 0.25) is 0 Å². The molecule has 2 rings (SSSR count). The Morgan fingerprint density at radius 1 is 1.21 bits per heavy atom. The lowest BCUT2D eigenvalue weighted by molar-refractivity contribution is 0.0692. The molecule has 0 radical (unpaired) electrons. The highest BCUT2D eigenvalue weighted by Gasteiger charge is 2.09. The van der Waals surface area contributed by atoms with Crippen LogP contribution in [0.15, 0.2) is 59.8 Å². The summed E-state index contributed by atoms with van der Waals surface area (Å²) in [6.45, 7) is 0. The first-order chi connectivity index (χ1) is 9.27. The molecule has 1 aromatic heterocycles. The van der Waals surface area contributed by atoms with Crippen LogP contribution in [0.2, 0.25) is 0 Å². The lowest BCUT2D eigenvalue weighted by Gasteiger charge is -2.01. The van der Waals surface area contributed by atoms with Crippen molar-refractivity contribution in [2.24, 2.45) is 0 Å². The van der Waals surface area contributed by atoms with E-state index in [1.165, 1.54) is 11.8 Å². The molecule has 0 bridgehead atoms. The molecule has 96 valence electrons. The number of carboxylic acids is 1. The first-order valence-corrected chi connectivity index (χ1v) is 6.78. The van der Waals surface area contributed by atoms with Crippen molar-refractivity contribution in [3.8, 4) is 0 Å². The number of thioether (sulfide) groups is 1. The number of nitrogens with zero attached hydrogens (tertiary/aromatic N) is 1. The van der Waals surface area contributed by atoms with Gasteiger partial charge < -0.3 is 5.11 Å². The van der Waals surface area contributed by atoms with Crippen LogP contribution in [0.5, 0.6) is 0 Å². The summed E-state index contributed by atoms with van der Waals surface area (Å²) in [7, 11) is 0. The largest absolute Gasteiger partial charge is 0.478 e. The van der Waals surface area contributed by atoms with Gasteiger partial charge in [0.25, 0.3) is 0 Å². The molecule has 1 N–H and O–H groups in total. The summed E-state index contributed by atoms with van der Waals surface area (Å²) in [6.07, 6.45) is 5.62.